The maximum atomic E-state index is 12.6. The number of halogens is 2. The van der Waals surface area contributed by atoms with Crippen molar-refractivity contribution in [3.63, 3.8) is 0 Å². The van der Waals surface area contributed by atoms with Crippen LogP contribution in [0.2, 0.25) is 0 Å². The van der Waals surface area contributed by atoms with Gasteiger partial charge in [0.05, 0.1) is 0 Å². The predicted octanol–water partition coefficient (Wildman–Crippen LogP) is 3.34. The third kappa shape index (κ3) is 2.24. The van der Waals surface area contributed by atoms with Crippen LogP contribution in [0.4, 0.5) is 8.78 Å². The van der Waals surface area contributed by atoms with Crippen LogP contribution in [0.1, 0.15) is 37.2 Å². The number of aliphatic hydroxyl groups is 1. The number of hydrogen-bond acceptors (Lipinski definition) is 1. The lowest BCUT2D eigenvalue weighted by Gasteiger charge is -2.35. The minimum absolute atomic E-state index is 0.199. The predicted molar refractivity (Wildman–Crippen MR) is 58.6 cm³/mol. The monoisotopic (exact) mass is 226 g/mol. The van der Waals surface area contributed by atoms with Gasteiger partial charge >= 0.3 is 0 Å². The summed E-state index contributed by atoms with van der Waals surface area (Å²) in [6.07, 6.45) is -0.936. The molecule has 0 spiro atoms. The summed E-state index contributed by atoms with van der Waals surface area (Å²) in [6, 6.07) is 9.92. The van der Waals surface area contributed by atoms with Crippen LogP contribution < -0.4 is 0 Å². The van der Waals surface area contributed by atoms with Crippen molar-refractivity contribution in [3.8, 4) is 0 Å². The molecule has 0 radical (unpaired) electrons. The van der Waals surface area contributed by atoms with E-state index in [1.807, 2.05) is 30.3 Å². The molecule has 1 nitrogen and oxygen atoms in total. The summed E-state index contributed by atoms with van der Waals surface area (Å²) >= 11 is 0. The second-order valence-corrected chi connectivity index (χ2v) is 4.59. The average Bonchev–Trinajstić information content (AvgIpc) is 2.31. The van der Waals surface area contributed by atoms with Gasteiger partial charge in [0.25, 0.3) is 6.43 Å². The van der Waals surface area contributed by atoms with Crippen molar-refractivity contribution in [2.24, 2.45) is 0 Å². The Bertz CT molecular complexity index is 329. The van der Waals surface area contributed by atoms with Crippen molar-refractivity contribution in [1.29, 1.82) is 0 Å². The van der Waals surface area contributed by atoms with Crippen molar-refractivity contribution in [3.05, 3.63) is 35.9 Å². The van der Waals surface area contributed by atoms with Crippen LogP contribution >= 0.6 is 0 Å². The average molecular weight is 226 g/mol. The second-order valence-electron chi connectivity index (χ2n) is 4.59. The minimum atomic E-state index is -2.62. The first kappa shape index (κ1) is 11.5. The van der Waals surface area contributed by atoms with E-state index in [0.29, 0.717) is 18.8 Å². The Labute approximate surface area is 94.1 Å². The topological polar surface area (TPSA) is 20.2 Å². The van der Waals surface area contributed by atoms with Gasteiger partial charge in [-0.1, -0.05) is 30.3 Å². The smallest absolute Gasteiger partial charge is 0.266 e. The van der Waals surface area contributed by atoms with Gasteiger partial charge in [-0.2, -0.15) is 0 Å². The highest BCUT2D eigenvalue weighted by molar-refractivity contribution is 5.20. The SMILES string of the molecule is OC1(C(F)F)CCC(c2ccccc2)CC1. The van der Waals surface area contributed by atoms with E-state index in [2.05, 4.69) is 0 Å². The van der Waals surface area contributed by atoms with Crippen LogP contribution in [0.5, 0.6) is 0 Å². The molecule has 3 heteroatoms. The Balaban J connectivity index is 2.01. The van der Waals surface area contributed by atoms with Crippen LogP contribution in [0.3, 0.4) is 0 Å². The van der Waals surface area contributed by atoms with E-state index in [1.54, 1.807) is 0 Å². The molecular weight excluding hydrogens is 210 g/mol. The van der Waals surface area contributed by atoms with Crippen molar-refractivity contribution < 1.29 is 13.9 Å². The van der Waals surface area contributed by atoms with Gasteiger partial charge in [0.2, 0.25) is 0 Å². The first-order valence-electron chi connectivity index (χ1n) is 5.67. The fourth-order valence-corrected chi connectivity index (χ4v) is 2.39. The molecule has 1 saturated carbocycles. The minimum Gasteiger partial charge on any atom is -0.384 e. The van der Waals surface area contributed by atoms with Crippen molar-refractivity contribution in [2.75, 3.05) is 0 Å². The summed E-state index contributed by atoms with van der Waals surface area (Å²) in [5, 5.41) is 9.66. The zero-order chi connectivity index (χ0) is 11.6. The maximum Gasteiger partial charge on any atom is 0.266 e. The summed E-state index contributed by atoms with van der Waals surface area (Å²) in [4.78, 5) is 0. The lowest BCUT2D eigenvalue weighted by atomic mass is 9.76. The van der Waals surface area contributed by atoms with Crippen molar-refractivity contribution in [2.45, 2.75) is 43.6 Å². The molecule has 0 aromatic heterocycles. The number of rotatable bonds is 2. The van der Waals surface area contributed by atoms with E-state index in [9.17, 15) is 13.9 Å². The Kier molecular flexibility index (Phi) is 3.24. The van der Waals surface area contributed by atoms with Gasteiger partial charge in [-0.3, -0.25) is 0 Å². The van der Waals surface area contributed by atoms with Crippen LogP contribution in [-0.2, 0) is 0 Å². The molecule has 16 heavy (non-hydrogen) atoms. The highest BCUT2D eigenvalue weighted by Gasteiger charge is 2.41. The fraction of sp³-hybridized carbons (Fsp3) is 0.538. The van der Waals surface area contributed by atoms with Gasteiger partial charge in [-0.05, 0) is 37.2 Å². The Morgan fingerprint density at radius 2 is 1.69 bits per heavy atom. The molecule has 0 saturated heterocycles. The third-order valence-electron chi connectivity index (χ3n) is 3.53. The molecule has 1 aliphatic rings. The zero-order valence-corrected chi connectivity index (χ0v) is 9.07. The molecule has 0 heterocycles. The molecule has 1 aliphatic carbocycles. The fourth-order valence-electron chi connectivity index (χ4n) is 2.39. The number of benzene rings is 1. The van der Waals surface area contributed by atoms with E-state index in [0.717, 1.165) is 0 Å². The van der Waals surface area contributed by atoms with E-state index < -0.39 is 12.0 Å². The van der Waals surface area contributed by atoms with Gasteiger partial charge in [0.1, 0.15) is 5.60 Å². The van der Waals surface area contributed by atoms with Crippen molar-refractivity contribution >= 4 is 0 Å². The lowest BCUT2D eigenvalue weighted by molar-refractivity contribution is -0.118. The number of hydrogen-bond donors (Lipinski definition) is 1. The Morgan fingerprint density at radius 3 is 2.19 bits per heavy atom. The van der Waals surface area contributed by atoms with Gasteiger partial charge in [0, 0.05) is 0 Å². The molecule has 1 aromatic carbocycles. The molecule has 1 aromatic rings. The summed E-state index contributed by atoms with van der Waals surface area (Å²) in [7, 11) is 0. The zero-order valence-electron chi connectivity index (χ0n) is 9.07. The normalized spacial score (nSPS) is 30.6. The molecule has 88 valence electrons. The van der Waals surface area contributed by atoms with E-state index in [1.165, 1.54) is 5.56 Å². The van der Waals surface area contributed by atoms with Crippen LogP contribution in [0.15, 0.2) is 30.3 Å². The van der Waals surface area contributed by atoms with E-state index in [4.69, 9.17) is 0 Å². The molecule has 2 rings (SSSR count). The molecule has 1 fully saturated rings. The van der Waals surface area contributed by atoms with Gasteiger partial charge in [-0.15, -0.1) is 0 Å². The Hall–Kier alpha value is -0.960. The lowest BCUT2D eigenvalue weighted by Crippen LogP contribution is -2.40. The molecule has 0 aliphatic heterocycles. The summed E-state index contributed by atoms with van der Waals surface area (Å²) in [6.45, 7) is 0. The molecule has 1 N–H and O–H groups in total. The van der Waals surface area contributed by atoms with Gasteiger partial charge in [0.15, 0.2) is 0 Å². The van der Waals surface area contributed by atoms with Crippen molar-refractivity contribution in [1.82, 2.24) is 0 Å². The summed E-state index contributed by atoms with van der Waals surface area (Å²) < 4.78 is 25.2. The molecule has 0 bridgehead atoms. The second kappa shape index (κ2) is 4.50. The van der Waals surface area contributed by atoms with E-state index in [-0.39, 0.29) is 12.8 Å². The Morgan fingerprint density at radius 1 is 1.12 bits per heavy atom. The van der Waals surface area contributed by atoms with Gasteiger partial charge in [-0.25, -0.2) is 8.78 Å². The quantitative estimate of drug-likeness (QED) is 0.820. The number of alkyl halides is 2. The van der Waals surface area contributed by atoms with Crippen LogP contribution in [0.25, 0.3) is 0 Å². The first-order chi connectivity index (χ1) is 7.62. The molecular formula is C13H16F2O. The third-order valence-corrected chi connectivity index (χ3v) is 3.53. The largest absolute Gasteiger partial charge is 0.384 e. The molecule has 0 amide bonds. The standard InChI is InChI=1S/C13H16F2O/c14-12(15)13(16)8-6-11(7-9-13)10-4-2-1-3-5-10/h1-5,11-12,16H,6-9H2. The van der Waals surface area contributed by atoms with Crippen LogP contribution in [0, 0.1) is 0 Å². The highest BCUT2D eigenvalue weighted by atomic mass is 19.3. The molecule has 0 unspecified atom stereocenters. The van der Waals surface area contributed by atoms with E-state index >= 15 is 0 Å². The summed E-state index contributed by atoms with van der Waals surface area (Å²) in [5.41, 5.74) is -0.551. The summed E-state index contributed by atoms with van der Waals surface area (Å²) in [5.74, 6) is 0.320. The van der Waals surface area contributed by atoms with Crippen LogP contribution in [-0.4, -0.2) is 17.1 Å². The van der Waals surface area contributed by atoms with Gasteiger partial charge < -0.3 is 5.11 Å². The highest BCUT2D eigenvalue weighted by Crippen LogP contribution is 2.40. The first-order valence-corrected chi connectivity index (χ1v) is 5.67. The maximum absolute atomic E-state index is 12.6. The molecule has 0 atom stereocenters.